The Labute approximate surface area is 246 Å². The van der Waals surface area contributed by atoms with Crippen LogP contribution in [0, 0.1) is 0 Å². The summed E-state index contributed by atoms with van der Waals surface area (Å²) in [5.74, 6) is 0.348. The van der Waals surface area contributed by atoms with Gasteiger partial charge in [0.1, 0.15) is 17.9 Å². The van der Waals surface area contributed by atoms with Crippen LogP contribution in [0.25, 0.3) is 11.4 Å². The number of aromatic nitrogens is 3. The maximum atomic E-state index is 11.8. The van der Waals surface area contributed by atoms with Gasteiger partial charge in [0.15, 0.2) is 5.82 Å². The Bertz CT molecular complexity index is 1500. The summed E-state index contributed by atoms with van der Waals surface area (Å²) in [6.45, 7) is 8.02. The number of allylic oxidation sites excluding steroid dienone is 3. The lowest BCUT2D eigenvalue weighted by atomic mass is 9.95. The zero-order valence-corrected chi connectivity index (χ0v) is 24.3. The normalized spacial score (nSPS) is 17.9. The Balaban J connectivity index is 1.16. The molecule has 1 aromatic carbocycles. The molecule has 0 saturated carbocycles. The van der Waals surface area contributed by atoms with Crippen molar-refractivity contribution in [1.82, 2.24) is 19.7 Å². The molecular weight excluding hydrogens is 532 g/mol. The summed E-state index contributed by atoms with van der Waals surface area (Å²) in [5, 5.41) is 13.9. The first-order valence-corrected chi connectivity index (χ1v) is 14.9. The Kier molecular flexibility index (Phi) is 8.39. The van der Waals surface area contributed by atoms with Gasteiger partial charge in [0, 0.05) is 37.9 Å². The van der Waals surface area contributed by atoms with Gasteiger partial charge in [0.25, 0.3) is 0 Å². The van der Waals surface area contributed by atoms with Gasteiger partial charge < -0.3 is 19.3 Å². The first-order valence-electron chi connectivity index (χ1n) is 14.9. The summed E-state index contributed by atoms with van der Waals surface area (Å²) >= 11 is 0. The number of ether oxygens (including phenoxy) is 3. The van der Waals surface area contributed by atoms with Crippen LogP contribution in [0.1, 0.15) is 72.3 Å². The van der Waals surface area contributed by atoms with E-state index in [4.69, 9.17) is 19.2 Å². The second-order valence-electron chi connectivity index (χ2n) is 11.3. The molecule has 1 fully saturated rings. The third-order valence-electron chi connectivity index (χ3n) is 8.05. The number of pyridine rings is 1. The summed E-state index contributed by atoms with van der Waals surface area (Å²) in [4.78, 5) is 19.2. The second kappa shape index (κ2) is 12.5. The SMILES string of the molecule is CC(C)Oc1c(C(=O)O)cnn1-c1cccc(C2=CCCC=C2OCc2ccc3c(c2)CCN(C2CCOCC2)C3)n1. The number of carboxylic acid groups (broad SMARTS) is 1. The van der Waals surface area contributed by atoms with E-state index in [-0.39, 0.29) is 17.5 Å². The fourth-order valence-electron chi connectivity index (χ4n) is 5.94. The number of fused-ring (bicyclic) bond motifs is 1. The zero-order valence-electron chi connectivity index (χ0n) is 24.3. The van der Waals surface area contributed by atoms with E-state index in [9.17, 15) is 9.90 Å². The molecule has 3 aliphatic rings. The Morgan fingerprint density at radius 1 is 1.12 bits per heavy atom. The third-order valence-corrected chi connectivity index (χ3v) is 8.05. The molecule has 42 heavy (non-hydrogen) atoms. The van der Waals surface area contributed by atoms with Gasteiger partial charge in [-0.3, -0.25) is 4.90 Å². The van der Waals surface area contributed by atoms with Gasteiger partial charge in [-0.15, -0.1) is 0 Å². The number of benzene rings is 1. The van der Waals surface area contributed by atoms with Crippen molar-refractivity contribution in [3.8, 4) is 11.7 Å². The molecule has 1 N–H and O–H groups in total. The molecule has 2 aliphatic heterocycles. The molecule has 0 spiro atoms. The van der Waals surface area contributed by atoms with Crippen LogP contribution in [0.15, 0.2) is 60.5 Å². The van der Waals surface area contributed by atoms with Crippen LogP contribution in [0.3, 0.4) is 0 Å². The largest absolute Gasteiger partial charge is 0.489 e. The van der Waals surface area contributed by atoms with Crippen molar-refractivity contribution in [2.45, 2.75) is 71.2 Å². The van der Waals surface area contributed by atoms with E-state index in [1.807, 2.05) is 26.0 Å². The van der Waals surface area contributed by atoms with Crippen LogP contribution in [0.4, 0.5) is 0 Å². The molecule has 0 unspecified atom stereocenters. The molecule has 2 aromatic heterocycles. The van der Waals surface area contributed by atoms with Crippen molar-refractivity contribution in [2.75, 3.05) is 19.8 Å². The summed E-state index contributed by atoms with van der Waals surface area (Å²) < 4.78 is 19.2. The second-order valence-corrected chi connectivity index (χ2v) is 11.3. The topological polar surface area (TPSA) is 98.9 Å². The molecule has 0 atom stereocenters. The lowest BCUT2D eigenvalue weighted by molar-refractivity contribution is 0.0290. The van der Waals surface area contributed by atoms with E-state index in [2.05, 4.69) is 40.3 Å². The van der Waals surface area contributed by atoms with E-state index < -0.39 is 5.97 Å². The maximum Gasteiger partial charge on any atom is 0.342 e. The number of hydrogen-bond acceptors (Lipinski definition) is 7. The molecule has 9 nitrogen and oxygen atoms in total. The van der Waals surface area contributed by atoms with Crippen molar-refractivity contribution in [3.05, 3.63) is 88.5 Å². The summed E-state index contributed by atoms with van der Waals surface area (Å²) in [5.41, 5.74) is 5.65. The van der Waals surface area contributed by atoms with Crippen molar-refractivity contribution in [3.63, 3.8) is 0 Å². The average Bonchev–Trinajstić information content (AvgIpc) is 3.43. The van der Waals surface area contributed by atoms with E-state index >= 15 is 0 Å². The van der Waals surface area contributed by atoms with Gasteiger partial charge in [0.05, 0.1) is 18.0 Å². The van der Waals surface area contributed by atoms with E-state index in [0.717, 1.165) is 81.0 Å². The van der Waals surface area contributed by atoms with Crippen molar-refractivity contribution < 1.29 is 24.1 Å². The molecule has 0 radical (unpaired) electrons. The quantitative estimate of drug-likeness (QED) is 0.357. The smallest absolute Gasteiger partial charge is 0.342 e. The Morgan fingerprint density at radius 3 is 2.76 bits per heavy atom. The zero-order chi connectivity index (χ0) is 29.1. The van der Waals surface area contributed by atoms with Crippen LogP contribution < -0.4 is 4.74 Å². The van der Waals surface area contributed by atoms with E-state index in [1.54, 1.807) is 6.07 Å². The van der Waals surface area contributed by atoms with Crippen LogP contribution in [-0.2, 0) is 29.0 Å². The summed E-state index contributed by atoms with van der Waals surface area (Å²) in [6.07, 6.45) is 10.5. The molecule has 1 aliphatic carbocycles. The number of carbonyl (C=O) groups is 1. The van der Waals surface area contributed by atoms with Crippen molar-refractivity contribution in [2.24, 2.45) is 0 Å². The fraction of sp³-hybridized carbons (Fsp3) is 0.424. The van der Waals surface area contributed by atoms with E-state index in [1.165, 1.54) is 22.0 Å². The number of hydrogen-bond donors (Lipinski definition) is 1. The molecule has 9 heteroatoms. The molecule has 3 aromatic rings. The van der Waals surface area contributed by atoms with Crippen molar-refractivity contribution >= 4 is 11.5 Å². The average molecular weight is 571 g/mol. The fourth-order valence-corrected chi connectivity index (χ4v) is 5.94. The van der Waals surface area contributed by atoms with Crippen LogP contribution in [-0.4, -0.2) is 62.6 Å². The van der Waals surface area contributed by atoms with Gasteiger partial charge in [-0.2, -0.15) is 9.78 Å². The van der Waals surface area contributed by atoms with Gasteiger partial charge in [0.2, 0.25) is 5.88 Å². The Morgan fingerprint density at radius 2 is 1.95 bits per heavy atom. The highest BCUT2D eigenvalue weighted by atomic mass is 16.5. The molecule has 220 valence electrons. The summed E-state index contributed by atoms with van der Waals surface area (Å²) in [7, 11) is 0. The van der Waals surface area contributed by atoms with Gasteiger partial charge in [-0.1, -0.05) is 30.3 Å². The highest BCUT2D eigenvalue weighted by Crippen LogP contribution is 2.31. The predicted molar refractivity (Wildman–Crippen MR) is 159 cm³/mol. The van der Waals surface area contributed by atoms with Crippen molar-refractivity contribution in [1.29, 1.82) is 0 Å². The molecule has 0 amide bonds. The standard InChI is InChI=1S/C33H38N4O5/c1-22(2)42-32-28(33(38)39)19-34-37(32)31-9-5-7-29(35-31)27-6-3-4-8-30(27)41-21-23-10-11-25-20-36(15-12-24(25)18-23)26-13-16-40-17-14-26/h5-11,18-19,22,26H,3-4,12-17,20-21H2,1-2H3,(H,38,39). The minimum Gasteiger partial charge on any atom is -0.489 e. The highest BCUT2D eigenvalue weighted by molar-refractivity contribution is 5.90. The highest BCUT2D eigenvalue weighted by Gasteiger charge is 2.26. The van der Waals surface area contributed by atoms with Crippen LogP contribution in [0.2, 0.25) is 0 Å². The molecular formula is C33H38N4O5. The van der Waals surface area contributed by atoms with Crippen LogP contribution in [0.5, 0.6) is 5.88 Å². The minimum atomic E-state index is -1.10. The lowest BCUT2D eigenvalue weighted by Crippen LogP contribution is -2.42. The molecule has 6 rings (SSSR count). The number of aromatic carboxylic acids is 1. The first-order chi connectivity index (χ1) is 20.5. The predicted octanol–water partition coefficient (Wildman–Crippen LogP) is 5.57. The minimum absolute atomic E-state index is 0.00181. The Hall–Kier alpha value is -3.95. The van der Waals surface area contributed by atoms with Gasteiger partial charge in [-0.25, -0.2) is 9.78 Å². The number of rotatable bonds is 9. The maximum absolute atomic E-state index is 11.8. The van der Waals surface area contributed by atoms with Crippen LogP contribution >= 0.6 is 0 Å². The molecule has 4 heterocycles. The summed E-state index contributed by atoms with van der Waals surface area (Å²) in [6, 6.07) is 13.0. The molecule has 0 bridgehead atoms. The number of carboxylic acids is 1. The van der Waals surface area contributed by atoms with Gasteiger partial charge >= 0.3 is 5.97 Å². The number of nitrogens with zero attached hydrogens (tertiary/aromatic N) is 4. The lowest BCUT2D eigenvalue weighted by Gasteiger charge is -2.37. The monoisotopic (exact) mass is 570 g/mol. The first kappa shape index (κ1) is 28.2. The molecule has 1 saturated heterocycles. The van der Waals surface area contributed by atoms with E-state index in [0.29, 0.717) is 18.5 Å². The van der Waals surface area contributed by atoms with Gasteiger partial charge in [-0.05, 0) is 80.9 Å². The third kappa shape index (κ3) is 6.12.